The molecule has 1 aliphatic heterocycles. The van der Waals surface area contributed by atoms with Gasteiger partial charge in [-0.15, -0.1) is 11.3 Å². The molecule has 0 radical (unpaired) electrons. The summed E-state index contributed by atoms with van der Waals surface area (Å²) in [5.41, 5.74) is 0. The van der Waals surface area contributed by atoms with Gasteiger partial charge >= 0.3 is 6.03 Å². The number of carbonyl (C=O) groups is 2. The fourth-order valence-corrected chi connectivity index (χ4v) is 3.26. The number of hydrogen-bond donors (Lipinski definition) is 1. The topological polar surface area (TPSA) is 52.7 Å². The molecule has 21 heavy (non-hydrogen) atoms. The van der Waals surface area contributed by atoms with Crippen LogP contribution in [0.4, 0.5) is 4.79 Å². The molecular weight excluding hydrogens is 286 g/mol. The zero-order valence-electron chi connectivity index (χ0n) is 12.7. The van der Waals surface area contributed by atoms with Gasteiger partial charge in [-0.2, -0.15) is 0 Å². The predicted molar refractivity (Wildman–Crippen MR) is 84.4 cm³/mol. The molecule has 1 fully saturated rings. The molecule has 1 unspecified atom stereocenters. The molecule has 0 aromatic carbocycles. The third-order valence-electron chi connectivity index (χ3n) is 3.70. The van der Waals surface area contributed by atoms with Crippen LogP contribution in [0.5, 0.6) is 0 Å². The Labute approximate surface area is 129 Å². The average molecular weight is 309 g/mol. The van der Waals surface area contributed by atoms with E-state index < -0.39 is 0 Å². The lowest BCUT2D eigenvalue weighted by Gasteiger charge is -2.33. The van der Waals surface area contributed by atoms with E-state index in [1.807, 2.05) is 11.4 Å². The van der Waals surface area contributed by atoms with Crippen LogP contribution in [0, 0.1) is 5.92 Å². The smallest absolute Gasteiger partial charge is 0.319 e. The van der Waals surface area contributed by atoms with Gasteiger partial charge in [0.1, 0.15) is 0 Å². The van der Waals surface area contributed by atoms with Crippen molar-refractivity contribution in [1.29, 1.82) is 0 Å². The number of likely N-dealkylation sites (tertiary alicyclic amines) is 1. The summed E-state index contributed by atoms with van der Waals surface area (Å²) in [4.78, 5) is 28.8. The van der Waals surface area contributed by atoms with Gasteiger partial charge in [-0.3, -0.25) is 4.79 Å². The first-order chi connectivity index (χ1) is 10.1. The third-order valence-corrected chi connectivity index (χ3v) is 4.63. The number of urea groups is 1. The van der Waals surface area contributed by atoms with Gasteiger partial charge in [0.05, 0.1) is 5.92 Å². The van der Waals surface area contributed by atoms with Crippen LogP contribution >= 0.6 is 11.3 Å². The molecule has 5 nitrogen and oxygen atoms in total. The Balaban J connectivity index is 1.77. The standard InChI is InChI=1S/C15H23N3O2S/c1-17(2)15(20)18-9-3-5-12(11-18)14(19)16-8-7-13-6-4-10-21-13/h4,6,10,12H,3,5,7-9,11H2,1-2H3,(H,16,19). The number of amides is 3. The highest BCUT2D eigenvalue weighted by atomic mass is 32.1. The Morgan fingerprint density at radius 3 is 2.95 bits per heavy atom. The number of hydrogen-bond acceptors (Lipinski definition) is 3. The maximum atomic E-state index is 12.2. The summed E-state index contributed by atoms with van der Waals surface area (Å²) in [6.45, 7) is 1.94. The molecule has 1 aromatic heterocycles. The first-order valence-corrected chi connectivity index (χ1v) is 8.22. The second-order valence-electron chi connectivity index (χ2n) is 5.58. The molecule has 2 rings (SSSR count). The molecule has 0 saturated carbocycles. The number of nitrogens with one attached hydrogen (secondary N) is 1. The highest BCUT2D eigenvalue weighted by Gasteiger charge is 2.28. The van der Waals surface area contributed by atoms with E-state index >= 15 is 0 Å². The zero-order valence-corrected chi connectivity index (χ0v) is 13.5. The first-order valence-electron chi connectivity index (χ1n) is 7.34. The first kappa shape index (κ1) is 15.8. The maximum absolute atomic E-state index is 12.2. The Morgan fingerprint density at radius 1 is 1.48 bits per heavy atom. The van der Waals surface area contributed by atoms with Crippen molar-refractivity contribution in [2.24, 2.45) is 5.92 Å². The Hall–Kier alpha value is -1.56. The minimum atomic E-state index is -0.0778. The van der Waals surface area contributed by atoms with Gasteiger partial charge in [-0.1, -0.05) is 6.07 Å². The second kappa shape index (κ2) is 7.45. The van der Waals surface area contributed by atoms with E-state index in [0.29, 0.717) is 13.1 Å². The van der Waals surface area contributed by atoms with Crippen LogP contribution < -0.4 is 5.32 Å². The van der Waals surface area contributed by atoms with Crippen molar-refractivity contribution in [1.82, 2.24) is 15.1 Å². The van der Waals surface area contributed by atoms with E-state index in [-0.39, 0.29) is 17.9 Å². The van der Waals surface area contributed by atoms with Gasteiger partial charge in [-0.25, -0.2) is 4.79 Å². The van der Waals surface area contributed by atoms with Gasteiger partial charge in [-0.05, 0) is 30.7 Å². The number of rotatable bonds is 4. The van der Waals surface area contributed by atoms with E-state index in [1.54, 1.807) is 35.2 Å². The molecule has 1 atom stereocenters. The van der Waals surface area contributed by atoms with Crippen LogP contribution in [0.15, 0.2) is 17.5 Å². The molecule has 1 saturated heterocycles. The van der Waals surface area contributed by atoms with Crippen molar-refractivity contribution in [3.05, 3.63) is 22.4 Å². The van der Waals surface area contributed by atoms with E-state index in [4.69, 9.17) is 0 Å². The SMILES string of the molecule is CN(C)C(=O)N1CCCC(C(=O)NCCc2cccs2)C1. The number of thiophene rings is 1. The van der Waals surface area contributed by atoms with E-state index in [2.05, 4.69) is 11.4 Å². The summed E-state index contributed by atoms with van der Waals surface area (Å²) in [6.07, 6.45) is 2.63. The van der Waals surface area contributed by atoms with Gasteiger partial charge in [0.2, 0.25) is 5.91 Å². The van der Waals surface area contributed by atoms with Crippen molar-refractivity contribution in [3.8, 4) is 0 Å². The van der Waals surface area contributed by atoms with Crippen molar-refractivity contribution < 1.29 is 9.59 Å². The van der Waals surface area contributed by atoms with Crippen LogP contribution in [-0.2, 0) is 11.2 Å². The molecule has 3 amide bonds. The largest absolute Gasteiger partial charge is 0.355 e. The monoisotopic (exact) mass is 309 g/mol. The van der Waals surface area contributed by atoms with Crippen molar-refractivity contribution in [2.45, 2.75) is 19.3 Å². The molecule has 1 aliphatic rings. The molecule has 116 valence electrons. The van der Waals surface area contributed by atoms with Crippen LogP contribution in [-0.4, -0.2) is 55.5 Å². The zero-order chi connectivity index (χ0) is 15.2. The minimum Gasteiger partial charge on any atom is -0.355 e. The summed E-state index contributed by atoms with van der Waals surface area (Å²) in [5, 5.41) is 5.04. The van der Waals surface area contributed by atoms with Crippen LogP contribution in [0.25, 0.3) is 0 Å². The van der Waals surface area contributed by atoms with Crippen molar-refractivity contribution in [2.75, 3.05) is 33.7 Å². The molecule has 0 bridgehead atoms. The van der Waals surface area contributed by atoms with Crippen LogP contribution in [0.3, 0.4) is 0 Å². The summed E-state index contributed by atoms with van der Waals surface area (Å²) in [7, 11) is 3.49. The Kier molecular flexibility index (Phi) is 5.61. The van der Waals surface area contributed by atoms with Crippen molar-refractivity contribution in [3.63, 3.8) is 0 Å². The van der Waals surface area contributed by atoms with Crippen LogP contribution in [0.1, 0.15) is 17.7 Å². The normalized spacial score (nSPS) is 18.4. The quantitative estimate of drug-likeness (QED) is 0.922. The molecule has 1 N–H and O–H groups in total. The third kappa shape index (κ3) is 4.46. The molecule has 6 heteroatoms. The molecule has 0 aliphatic carbocycles. The molecule has 2 heterocycles. The maximum Gasteiger partial charge on any atom is 0.319 e. The summed E-state index contributed by atoms with van der Waals surface area (Å²) < 4.78 is 0. The number of nitrogens with zero attached hydrogens (tertiary/aromatic N) is 2. The van der Waals surface area contributed by atoms with Crippen molar-refractivity contribution >= 4 is 23.3 Å². The lowest BCUT2D eigenvalue weighted by molar-refractivity contribution is -0.126. The Morgan fingerprint density at radius 2 is 2.29 bits per heavy atom. The molecule has 0 spiro atoms. The minimum absolute atomic E-state index is 0.00825. The van der Waals surface area contributed by atoms with Gasteiger partial charge in [0.15, 0.2) is 0 Å². The lowest BCUT2D eigenvalue weighted by Crippen LogP contribution is -2.48. The van der Waals surface area contributed by atoms with E-state index in [9.17, 15) is 9.59 Å². The Bertz CT molecular complexity index is 473. The van der Waals surface area contributed by atoms with E-state index in [1.165, 1.54) is 4.88 Å². The summed E-state index contributed by atoms with van der Waals surface area (Å²) in [6, 6.07) is 4.09. The van der Waals surface area contributed by atoms with Gasteiger partial charge < -0.3 is 15.1 Å². The highest BCUT2D eigenvalue weighted by Crippen LogP contribution is 2.17. The lowest BCUT2D eigenvalue weighted by atomic mass is 9.97. The average Bonchev–Trinajstić information content (AvgIpc) is 2.99. The highest BCUT2D eigenvalue weighted by molar-refractivity contribution is 7.09. The summed E-state index contributed by atoms with van der Waals surface area (Å²) in [5.74, 6) is -0.00574. The van der Waals surface area contributed by atoms with Gasteiger partial charge in [0, 0.05) is 38.6 Å². The number of piperidine rings is 1. The summed E-state index contributed by atoms with van der Waals surface area (Å²) >= 11 is 1.71. The number of carbonyl (C=O) groups excluding carboxylic acids is 2. The van der Waals surface area contributed by atoms with Gasteiger partial charge in [0.25, 0.3) is 0 Å². The second-order valence-corrected chi connectivity index (χ2v) is 6.61. The van der Waals surface area contributed by atoms with E-state index in [0.717, 1.165) is 25.8 Å². The fraction of sp³-hybridized carbons (Fsp3) is 0.600. The fourth-order valence-electron chi connectivity index (χ4n) is 2.56. The predicted octanol–water partition coefficient (Wildman–Crippen LogP) is 1.80. The molecule has 1 aromatic rings. The van der Waals surface area contributed by atoms with Crippen LogP contribution in [0.2, 0.25) is 0 Å². The molecular formula is C15H23N3O2S.